The van der Waals surface area contributed by atoms with Gasteiger partial charge in [-0.25, -0.2) is 13.1 Å². The summed E-state index contributed by atoms with van der Waals surface area (Å²) < 4.78 is 28.2. The summed E-state index contributed by atoms with van der Waals surface area (Å²) in [6.07, 6.45) is 14.1. The first-order valence-electron chi connectivity index (χ1n) is 8.23. The predicted molar refractivity (Wildman–Crippen MR) is 85.6 cm³/mol. The summed E-state index contributed by atoms with van der Waals surface area (Å²) in [6, 6.07) is 0. The van der Waals surface area contributed by atoms with Crippen LogP contribution in [0.5, 0.6) is 0 Å². The van der Waals surface area contributed by atoms with Crippen LogP contribution in [0.1, 0.15) is 77.6 Å². The van der Waals surface area contributed by atoms with Crippen molar-refractivity contribution in [2.45, 2.75) is 77.6 Å². The lowest BCUT2D eigenvalue weighted by molar-refractivity contribution is 0.128. The Hall–Kier alpha value is -0.130. The number of ether oxygens (including phenoxy) is 1. The minimum absolute atomic E-state index is 0.483. The zero-order valence-corrected chi connectivity index (χ0v) is 14.0. The second-order valence-corrected chi connectivity index (χ2v) is 6.14. The summed E-state index contributed by atoms with van der Waals surface area (Å²) in [5, 5.41) is 0. The highest BCUT2D eigenvalue weighted by Crippen LogP contribution is 2.10. The molecule has 0 fully saturated rings. The molecule has 0 aliphatic carbocycles. The first kappa shape index (κ1) is 19.9. The lowest BCUT2D eigenvalue weighted by Crippen LogP contribution is -2.14. The Morgan fingerprint density at radius 1 is 0.750 bits per heavy atom. The van der Waals surface area contributed by atoms with Crippen molar-refractivity contribution in [3.63, 3.8) is 0 Å². The van der Waals surface area contributed by atoms with Gasteiger partial charge in [-0.3, -0.25) is 0 Å². The maximum Gasteiger partial charge on any atom is 0.201 e. The number of hydrogen-bond donors (Lipinski definition) is 2. The number of nitrogens with one attached hydrogen (secondary N) is 1. The van der Waals surface area contributed by atoms with Crippen molar-refractivity contribution in [1.82, 2.24) is 4.72 Å². The molecule has 0 aromatic carbocycles. The van der Waals surface area contributed by atoms with E-state index in [0.717, 1.165) is 19.4 Å². The van der Waals surface area contributed by atoms with Gasteiger partial charge in [-0.15, -0.1) is 0 Å². The molecule has 0 rings (SSSR count). The molecule has 0 radical (unpaired) electrons. The van der Waals surface area contributed by atoms with E-state index in [-0.39, 0.29) is 0 Å². The Labute approximate surface area is 126 Å². The molecule has 122 valence electrons. The first-order valence-corrected chi connectivity index (χ1v) is 9.40. The van der Waals surface area contributed by atoms with E-state index in [4.69, 9.17) is 4.74 Å². The minimum atomic E-state index is -2.45. The van der Waals surface area contributed by atoms with Crippen LogP contribution in [-0.2, 0) is 15.6 Å². The predicted octanol–water partition coefficient (Wildman–Crippen LogP) is 3.43. The van der Waals surface area contributed by atoms with Gasteiger partial charge in [0.05, 0.1) is 0 Å². The van der Waals surface area contributed by atoms with Gasteiger partial charge in [-0.05, 0) is 12.8 Å². The molecule has 0 unspecified atom stereocenters. The highest BCUT2D eigenvalue weighted by Gasteiger charge is 1.94. The SMILES string of the molecule is CCCCCCCCCCCCOCCCN[SH](=O)=O. The first-order chi connectivity index (χ1) is 9.77. The number of unbranched alkanes of at least 4 members (excludes halogenated alkanes) is 9. The van der Waals surface area contributed by atoms with Crippen molar-refractivity contribution < 1.29 is 13.2 Å². The van der Waals surface area contributed by atoms with Gasteiger partial charge in [0.25, 0.3) is 0 Å². The van der Waals surface area contributed by atoms with Crippen molar-refractivity contribution in [2.24, 2.45) is 0 Å². The van der Waals surface area contributed by atoms with Gasteiger partial charge in [0.1, 0.15) is 0 Å². The largest absolute Gasteiger partial charge is 0.381 e. The summed E-state index contributed by atoms with van der Waals surface area (Å²) in [7, 11) is -2.45. The number of thiol groups is 1. The smallest absolute Gasteiger partial charge is 0.201 e. The zero-order valence-electron chi connectivity index (χ0n) is 13.1. The molecule has 0 aromatic rings. The van der Waals surface area contributed by atoms with E-state index in [9.17, 15) is 8.42 Å². The third-order valence-corrected chi connectivity index (χ3v) is 3.83. The summed E-state index contributed by atoms with van der Waals surface area (Å²) in [6.45, 7) is 4.19. The molecule has 0 aliphatic rings. The van der Waals surface area contributed by atoms with Crippen LogP contribution in [0.3, 0.4) is 0 Å². The molecule has 0 saturated carbocycles. The second kappa shape index (κ2) is 16.9. The highest BCUT2D eigenvalue weighted by atomic mass is 32.2. The lowest BCUT2D eigenvalue weighted by Gasteiger charge is -2.04. The zero-order chi connectivity index (χ0) is 14.9. The molecule has 0 spiro atoms. The van der Waals surface area contributed by atoms with Crippen molar-refractivity contribution in [3.05, 3.63) is 0 Å². The summed E-state index contributed by atoms with van der Waals surface area (Å²) in [5.41, 5.74) is 0. The van der Waals surface area contributed by atoms with E-state index in [0.29, 0.717) is 13.2 Å². The van der Waals surface area contributed by atoms with Gasteiger partial charge < -0.3 is 4.74 Å². The quantitative estimate of drug-likeness (QED) is 0.339. The second-order valence-electron chi connectivity index (χ2n) is 5.31. The fraction of sp³-hybridized carbons (Fsp3) is 1.00. The van der Waals surface area contributed by atoms with E-state index in [2.05, 4.69) is 11.6 Å². The third kappa shape index (κ3) is 17.9. The van der Waals surface area contributed by atoms with Crippen LogP contribution in [-0.4, -0.2) is 28.2 Å². The van der Waals surface area contributed by atoms with E-state index in [1.165, 1.54) is 57.8 Å². The molecular formula is C15H33NO3S. The van der Waals surface area contributed by atoms with Crippen LogP contribution in [0, 0.1) is 0 Å². The molecule has 0 heterocycles. The topological polar surface area (TPSA) is 55.4 Å². The molecule has 0 atom stereocenters. The van der Waals surface area contributed by atoms with E-state index < -0.39 is 10.9 Å². The molecule has 0 amide bonds. The molecule has 0 aliphatic heterocycles. The highest BCUT2D eigenvalue weighted by molar-refractivity contribution is 7.70. The Kier molecular flexibility index (Phi) is 16.8. The molecule has 0 saturated heterocycles. The maximum atomic E-state index is 10.2. The standard InChI is InChI=1S/C15H33NO3S/c1-2-3-4-5-6-7-8-9-10-11-14-19-15-12-13-16-20(17)18/h20H,2-15H2,1H3,(H,16,17,18). The van der Waals surface area contributed by atoms with E-state index in [1.54, 1.807) is 0 Å². The van der Waals surface area contributed by atoms with Gasteiger partial charge in [-0.1, -0.05) is 64.7 Å². The fourth-order valence-corrected chi connectivity index (χ4v) is 2.48. The number of hydrogen-bond acceptors (Lipinski definition) is 3. The van der Waals surface area contributed by atoms with Crippen LogP contribution in [0.25, 0.3) is 0 Å². The van der Waals surface area contributed by atoms with Crippen molar-refractivity contribution in [3.8, 4) is 0 Å². The van der Waals surface area contributed by atoms with Crippen LogP contribution in [0.15, 0.2) is 0 Å². The molecule has 1 N–H and O–H groups in total. The minimum Gasteiger partial charge on any atom is -0.381 e. The third-order valence-electron chi connectivity index (χ3n) is 3.35. The Morgan fingerprint density at radius 2 is 1.25 bits per heavy atom. The normalized spacial score (nSPS) is 11.3. The van der Waals surface area contributed by atoms with Crippen LogP contribution in [0.4, 0.5) is 0 Å². The van der Waals surface area contributed by atoms with Crippen LogP contribution < -0.4 is 4.72 Å². The van der Waals surface area contributed by atoms with Gasteiger partial charge in [0.15, 0.2) is 0 Å². The van der Waals surface area contributed by atoms with Crippen LogP contribution >= 0.6 is 0 Å². The fourth-order valence-electron chi connectivity index (χ4n) is 2.14. The molecular weight excluding hydrogens is 274 g/mol. The van der Waals surface area contributed by atoms with Crippen molar-refractivity contribution >= 4 is 10.9 Å². The molecule has 4 nitrogen and oxygen atoms in total. The summed E-state index contributed by atoms with van der Waals surface area (Å²) in [4.78, 5) is 0. The van der Waals surface area contributed by atoms with E-state index in [1.807, 2.05) is 0 Å². The van der Waals surface area contributed by atoms with Gasteiger partial charge in [0.2, 0.25) is 10.9 Å². The molecule has 0 aromatic heterocycles. The maximum absolute atomic E-state index is 10.2. The van der Waals surface area contributed by atoms with Gasteiger partial charge in [0, 0.05) is 19.8 Å². The van der Waals surface area contributed by atoms with Crippen LogP contribution in [0.2, 0.25) is 0 Å². The Balaban J connectivity index is 2.95. The lowest BCUT2D eigenvalue weighted by atomic mass is 10.1. The van der Waals surface area contributed by atoms with Gasteiger partial charge >= 0.3 is 0 Å². The summed E-state index contributed by atoms with van der Waals surface area (Å²) >= 11 is 0. The average molecular weight is 307 g/mol. The van der Waals surface area contributed by atoms with Gasteiger partial charge in [-0.2, -0.15) is 0 Å². The molecule has 20 heavy (non-hydrogen) atoms. The molecule has 0 bridgehead atoms. The number of rotatable bonds is 16. The monoisotopic (exact) mass is 307 g/mol. The van der Waals surface area contributed by atoms with Crippen molar-refractivity contribution in [2.75, 3.05) is 19.8 Å². The summed E-state index contributed by atoms with van der Waals surface area (Å²) in [5.74, 6) is 0. The molecule has 5 heteroatoms. The Morgan fingerprint density at radius 3 is 1.80 bits per heavy atom. The average Bonchev–Trinajstić information content (AvgIpc) is 2.43. The Bertz CT molecular complexity index is 250. The van der Waals surface area contributed by atoms with Crippen molar-refractivity contribution in [1.29, 1.82) is 0 Å². The van der Waals surface area contributed by atoms with E-state index >= 15 is 0 Å².